The van der Waals surface area contributed by atoms with Crippen molar-refractivity contribution < 1.29 is 0 Å². The smallest absolute Gasteiger partial charge is 0.0662 e. The summed E-state index contributed by atoms with van der Waals surface area (Å²) in [6, 6.07) is 9.26. The van der Waals surface area contributed by atoms with E-state index in [1.54, 1.807) is 0 Å². The van der Waals surface area contributed by atoms with Crippen molar-refractivity contribution in [2.24, 2.45) is 0 Å². The lowest BCUT2D eigenvalue weighted by Crippen LogP contribution is -2.61. The van der Waals surface area contributed by atoms with Crippen molar-refractivity contribution in [1.82, 2.24) is 20.4 Å². The lowest BCUT2D eigenvalue weighted by Gasteiger charge is -2.46. The van der Waals surface area contributed by atoms with Crippen molar-refractivity contribution in [3.63, 3.8) is 0 Å². The van der Waals surface area contributed by atoms with E-state index in [2.05, 4.69) is 88.0 Å². The summed E-state index contributed by atoms with van der Waals surface area (Å²) in [5.41, 5.74) is 6.68. The molecule has 0 bridgehead atoms. The van der Waals surface area contributed by atoms with E-state index in [9.17, 15) is 0 Å². The van der Waals surface area contributed by atoms with Crippen LogP contribution in [0.25, 0.3) is 0 Å². The van der Waals surface area contributed by atoms with Crippen LogP contribution in [0.3, 0.4) is 0 Å². The highest BCUT2D eigenvalue weighted by atomic mass is 15.3. The molecule has 4 nitrogen and oxygen atoms in total. The molecule has 1 saturated heterocycles. The first-order chi connectivity index (χ1) is 12.5. The third-order valence-electron chi connectivity index (χ3n) is 5.74. The monoisotopic (exact) mass is 368 g/mol. The molecule has 0 atom stereocenters. The summed E-state index contributed by atoms with van der Waals surface area (Å²) >= 11 is 0. The van der Waals surface area contributed by atoms with E-state index in [1.165, 1.54) is 22.4 Å². The van der Waals surface area contributed by atoms with Crippen LogP contribution < -0.4 is 10.6 Å². The van der Waals surface area contributed by atoms with Gasteiger partial charge in [-0.25, -0.2) is 0 Å². The fourth-order valence-electron chi connectivity index (χ4n) is 4.72. The number of piperidine rings is 1. The Kier molecular flexibility index (Phi) is 5.51. The van der Waals surface area contributed by atoms with Crippen LogP contribution in [0.4, 0.5) is 0 Å². The number of aryl methyl sites for hydroxylation is 2. The molecule has 1 aromatic carbocycles. The van der Waals surface area contributed by atoms with Gasteiger partial charge in [0.25, 0.3) is 0 Å². The number of benzene rings is 1. The summed E-state index contributed by atoms with van der Waals surface area (Å²) in [6.45, 7) is 17.4. The van der Waals surface area contributed by atoms with Crippen LogP contribution in [0.5, 0.6) is 0 Å². The Bertz CT molecular complexity index is 767. The van der Waals surface area contributed by atoms with Crippen molar-refractivity contribution in [1.29, 1.82) is 0 Å². The average Bonchev–Trinajstić information content (AvgIpc) is 2.78. The zero-order valence-corrected chi connectivity index (χ0v) is 18.1. The standard InChI is InChI=1S/C23H36N4/c1-16-8-10-19(11-9-16)15-27-18(3)21(17(2)25-27)14-24-20-12-22(4,5)26-23(6,7)13-20/h8-11,20,24,26H,12-15H2,1-7H3. The number of hydrogen-bond donors (Lipinski definition) is 2. The van der Waals surface area contributed by atoms with Gasteiger partial charge in [0, 0.05) is 34.9 Å². The van der Waals surface area contributed by atoms with Gasteiger partial charge in [0.05, 0.1) is 12.2 Å². The number of hydrogen-bond acceptors (Lipinski definition) is 3. The second-order valence-corrected chi connectivity index (χ2v) is 9.67. The van der Waals surface area contributed by atoms with Gasteiger partial charge in [-0.15, -0.1) is 0 Å². The summed E-state index contributed by atoms with van der Waals surface area (Å²) in [5, 5.41) is 12.4. The Morgan fingerprint density at radius 1 is 1.04 bits per heavy atom. The van der Waals surface area contributed by atoms with Gasteiger partial charge in [-0.1, -0.05) is 29.8 Å². The van der Waals surface area contributed by atoms with Gasteiger partial charge in [0.2, 0.25) is 0 Å². The number of nitrogens with zero attached hydrogens (tertiary/aromatic N) is 2. The highest BCUT2D eigenvalue weighted by molar-refractivity contribution is 5.27. The van der Waals surface area contributed by atoms with E-state index < -0.39 is 0 Å². The van der Waals surface area contributed by atoms with Crippen LogP contribution in [0.15, 0.2) is 24.3 Å². The number of rotatable bonds is 5. The summed E-state index contributed by atoms with van der Waals surface area (Å²) in [6.07, 6.45) is 2.29. The van der Waals surface area contributed by atoms with Crippen molar-refractivity contribution in [3.05, 3.63) is 52.3 Å². The molecule has 0 unspecified atom stereocenters. The van der Waals surface area contributed by atoms with Gasteiger partial charge in [-0.05, 0) is 66.9 Å². The first-order valence-corrected chi connectivity index (χ1v) is 10.2. The predicted octanol–water partition coefficient (Wildman–Crippen LogP) is 4.26. The molecule has 2 aromatic rings. The van der Waals surface area contributed by atoms with E-state index in [0.29, 0.717) is 6.04 Å². The lowest BCUT2D eigenvalue weighted by molar-refractivity contribution is 0.145. The topological polar surface area (TPSA) is 41.9 Å². The lowest BCUT2D eigenvalue weighted by atomic mass is 9.79. The van der Waals surface area contributed by atoms with E-state index in [0.717, 1.165) is 31.6 Å². The van der Waals surface area contributed by atoms with E-state index in [-0.39, 0.29) is 11.1 Å². The molecule has 148 valence electrons. The van der Waals surface area contributed by atoms with Crippen LogP contribution in [-0.4, -0.2) is 26.9 Å². The molecule has 0 spiro atoms. The Hall–Kier alpha value is -1.65. The Balaban J connectivity index is 1.69. The molecule has 27 heavy (non-hydrogen) atoms. The average molecular weight is 369 g/mol. The zero-order valence-electron chi connectivity index (χ0n) is 18.1. The molecular formula is C23H36N4. The highest BCUT2D eigenvalue weighted by Gasteiger charge is 2.37. The molecule has 2 N–H and O–H groups in total. The summed E-state index contributed by atoms with van der Waals surface area (Å²) in [7, 11) is 0. The maximum Gasteiger partial charge on any atom is 0.0662 e. The fourth-order valence-corrected chi connectivity index (χ4v) is 4.72. The molecule has 0 amide bonds. The summed E-state index contributed by atoms with van der Waals surface area (Å²) < 4.78 is 2.15. The van der Waals surface area contributed by atoms with E-state index in [4.69, 9.17) is 5.10 Å². The first kappa shape index (κ1) is 20.1. The fraction of sp³-hybridized carbons (Fsp3) is 0.609. The second-order valence-electron chi connectivity index (χ2n) is 9.67. The molecule has 1 aliphatic rings. The maximum atomic E-state index is 4.81. The van der Waals surface area contributed by atoms with Gasteiger partial charge in [-0.2, -0.15) is 5.10 Å². The van der Waals surface area contributed by atoms with Gasteiger partial charge in [-0.3, -0.25) is 4.68 Å². The minimum absolute atomic E-state index is 0.166. The highest BCUT2D eigenvalue weighted by Crippen LogP contribution is 2.29. The Morgan fingerprint density at radius 2 is 1.63 bits per heavy atom. The Labute approximate surface area is 164 Å². The minimum atomic E-state index is 0.166. The van der Waals surface area contributed by atoms with Crippen LogP contribution in [-0.2, 0) is 13.1 Å². The largest absolute Gasteiger partial charge is 0.310 e. The molecule has 3 rings (SSSR count). The molecule has 1 fully saturated rings. The van der Waals surface area contributed by atoms with Gasteiger partial charge < -0.3 is 10.6 Å². The molecule has 1 aromatic heterocycles. The second kappa shape index (κ2) is 7.40. The van der Waals surface area contributed by atoms with E-state index in [1.807, 2.05) is 0 Å². The zero-order chi connectivity index (χ0) is 19.8. The molecule has 1 aliphatic heterocycles. The molecule has 0 aliphatic carbocycles. The Morgan fingerprint density at radius 3 is 2.22 bits per heavy atom. The normalized spacial score (nSPS) is 19.4. The van der Waals surface area contributed by atoms with Gasteiger partial charge in [0.15, 0.2) is 0 Å². The van der Waals surface area contributed by atoms with Crippen LogP contribution in [0.1, 0.15) is 68.6 Å². The van der Waals surface area contributed by atoms with Crippen LogP contribution in [0.2, 0.25) is 0 Å². The first-order valence-electron chi connectivity index (χ1n) is 10.2. The quantitative estimate of drug-likeness (QED) is 0.829. The third-order valence-corrected chi connectivity index (χ3v) is 5.74. The van der Waals surface area contributed by atoms with Crippen molar-refractivity contribution in [2.45, 2.75) is 91.5 Å². The van der Waals surface area contributed by atoms with E-state index >= 15 is 0 Å². The predicted molar refractivity (Wildman–Crippen MR) is 113 cm³/mol. The number of nitrogens with one attached hydrogen (secondary N) is 2. The molecule has 4 heteroatoms. The van der Waals surface area contributed by atoms with Crippen LogP contribution >= 0.6 is 0 Å². The van der Waals surface area contributed by atoms with Crippen LogP contribution in [0, 0.1) is 20.8 Å². The van der Waals surface area contributed by atoms with Gasteiger partial charge in [0.1, 0.15) is 0 Å². The summed E-state index contributed by atoms with van der Waals surface area (Å²) in [4.78, 5) is 0. The molecular weight excluding hydrogens is 332 g/mol. The van der Waals surface area contributed by atoms with Gasteiger partial charge >= 0.3 is 0 Å². The van der Waals surface area contributed by atoms with Crippen molar-refractivity contribution in [2.75, 3.05) is 0 Å². The molecule has 0 saturated carbocycles. The SMILES string of the molecule is Cc1ccc(Cn2nc(C)c(CNC3CC(C)(C)NC(C)(C)C3)c2C)cc1. The number of aromatic nitrogens is 2. The molecule has 0 radical (unpaired) electrons. The maximum absolute atomic E-state index is 4.81. The molecule has 2 heterocycles. The van der Waals surface area contributed by atoms with Crippen molar-refractivity contribution in [3.8, 4) is 0 Å². The summed E-state index contributed by atoms with van der Waals surface area (Å²) in [5.74, 6) is 0. The minimum Gasteiger partial charge on any atom is -0.310 e. The van der Waals surface area contributed by atoms with Crippen molar-refractivity contribution >= 4 is 0 Å². The third kappa shape index (κ3) is 4.99.